The average molecular weight is 593 g/mol. The van der Waals surface area contributed by atoms with E-state index in [1.807, 2.05) is 30.3 Å². The van der Waals surface area contributed by atoms with Gasteiger partial charge in [0.2, 0.25) is 0 Å². The maximum Gasteiger partial charge on any atom is 0.335 e. The molecule has 224 valence electrons. The fraction of sp³-hybridized carbons (Fsp3) is 0.655. The molecule has 0 spiro atoms. The molecule has 1 aliphatic heterocycles. The predicted octanol–water partition coefficient (Wildman–Crippen LogP) is 4.85. The summed E-state index contributed by atoms with van der Waals surface area (Å²) in [5, 5.41) is 10.2. The summed E-state index contributed by atoms with van der Waals surface area (Å²) in [5.41, 5.74) is -0.105. The van der Waals surface area contributed by atoms with Crippen LogP contribution >= 0.6 is 0 Å². The summed E-state index contributed by atoms with van der Waals surface area (Å²) < 4.78 is 28.3. The molecule has 0 aliphatic carbocycles. The summed E-state index contributed by atoms with van der Waals surface area (Å²) in [7, 11) is -4.71. The summed E-state index contributed by atoms with van der Waals surface area (Å²) in [6, 6.07) is 10.9. The van der Waals surface area contributed by atoms with Crippen LogP contribution in [0.4, 0.5) is 0 Å². The zero-order chi connectivity index (χ0) is 30.1. The summed E-state index contributed by atoms with van der Waals surface area (Å²) in [6.45, 7) is 21.2. The first kappa shape index (κ1) is 32.6. The molecule has 9 nitrogen and oxygen atoms in total. The van der Waals surface area contributed by atoms with Crippen LogP contribution in [0.25, 0.3) is 0 Å². The SMILES string of the molecule is CC(C)(C)[Si](C)(C)O[C@@H]1[C@H](O[Si](C)(C)C(C)(C)C)[C@@H](CO)O[C@H]1n1ccc(=O)n(COCc2ccccc2)c1=O. The van der Waals surface area contributed by atoms with E-state index in [0.29, 0.717) is 0 Å². The zero-order valence-corrected chi connectivity index (χ0v) is 27.8. The number of ether oxygens (including phenoxy) is 2. The van der Waals surface area contributed by atoms with Crippen molar-refractivity contribution in [1.29, 1.82) is 0 Å². The van der Waals surface area contributed by atoms with Gasteiger partial charge in [-0.1, -0.05) is 71.9 Å². The van der Waals surface area contributed by atoms with Gasteiger partial charge in [0.25, 0.3) is 5.56 Å². The number of rotatable bonds is 10. The molecule has 1 saturated heterocycles. The van der Waals surface area contributed by atoms with Gasteiger partial charge < -0.3 is 23.4 Å². The van der Waals surface area contributed by atoms with E-state index in [0.717, 1.165) is 10.1 Å². The first-order valence-corrected chi connectivity index (χ1v) is 19.8. The van der Waals surface area contributed by atoms with Crippen molar-refractivity contribution in [2.75, 3.05) is 6.61 Å². The Balaban J connectivity index is 2.02. The fourth-order valence-electron chi connectivity index (χ4n) is 4.05. The second-order valence-electron chi connectivity index (χ2n) is 13.7. The van der Waals surface area contributed by atoms with E-state index in [2.05, 4.69) is 67.7 Å². The number of benzene rings is 1. The maximum absolute atomic E-state index is 13.7. The average Bonchev–Trinajstić information content (AvgIpc) is 3.16. The summed E-state index contributed by atoms with van der Waals surface area (Å²) in [4.78, 5) is 26.4. The van der Waals surface area contributed by atoms with Crippen molar-refractivity contribution in [3.63, 3.8) is 0 Å². The minimum absolute atomic E-state index is 0.0905. The summed E-state index contributed by atoms with van der Waals surface area (Å²) in [6.07, 6.45) is -1.41. The lowest BCUT2D eigenvalue weighted by Gasteiger charge is -2.44. The quantitative estimate of drug-likeness (QED) is 0.394. The molecule has 0 radical (unpaired) electrons. The van der Waals surface area contributed by atoms with E-state index in [9.17, 15) is 14.7 Å². The molecule has 1 N–H and O–H groups in total. The van der Waals surface area contributed by atoms with Crippen LogP contribution in [0.5, 0.6) is 0 Å². The van der Waals surface area contributed by atoms with Gasteiger partial charge in [-0.25, -0.2) is 9.36 Å². The summed E-state index contributed by atoms with van der Waals surface area (Å²) >= 11 is 0. The lowest BCUT2D eigenvalue weighted by atomic mass is 10.1. The third-order valence-electron chi connectivity index (χ3n) is 8.64. The number of aliphatic hydroxyl groups excluding tert-OH is 1. The molecule has 4 atom stereocenters. The number of aromatic nitrogens is 2. The lowest BCUT2D eigenvalue weighted by Crippen LogP contribution is -2.54. The largest absolute Gasteiger partial charge is 0.408 e. The Kier molecular flexibility index (Phi) is 9.93. The Morgan fingerprint density at radius 2 is 1.43 bits per heavy atom. The van der Waals surface area contributed by atoms with E-state index in [1.54, 1.807) is 0 Å². The van der Waals surface area contributed by atoms with Gasteiger partial charge in [0.15, 0.2) is 22.9 Å². The van der Waals surface area contributed by atoms with Gasteiger partial charge in [0, 0.05) is 12.3 Å². The number of nitrogens with zero attached hydrogens (tertiary/aromatic N) is 2. The van der Waals surface area contributed by atoms with E-state index in [1.165, 1.54) is 16.8 Å². The Morgan fingerprint density at radius 3 is 1.95 bits per heavy atom. The molecule has 1 aromatic heterocycles. The van der Waals surface area contributed by atoms with Crippen molar-refractivity contribution in [2.45, 2.75) is 116 Å². The lowest BCUT2D eigenvalue weighted by molar-refractivity contribution is -0.0546. The van der Waals surface area contributed by atoms with Gasteiger partial charge in [-0.15, -0.1) is 0 Å². The first-order chi connectivity index (χ1) is 18.4. The highest BCUT2D eigenvalue weighted by molar-refractivity contribution is 6.74. The standard InChI is InChI=1S/C29H48N2O7Si2/c1-28(2,3)39(7,8)37-24-22(18-32)36-26(25(24)38-40(9,10)29(4,5)6)30-17-16-23(33)31(27(30)34)20-35-19-21-14-12-11-13-15-21/h11-17,22,24-26,32H,18-20H2,1-10H3/t22-,24-,25-,26-/m1/s1. The number of aliphatic hydroxyl groups is 1. The van der Waals surface area contributed by atoms with Crippen LogP contribution in [0.2, 0.25) is 36.3 Å². The van der Waals surface area contributed by atoms with Crippen LogP contribution < -0.4 is 11.2 Å². The van der Waals surface area contributed by atoms with Gasteiger partial charge in [0.05, 0.1) is 13.2 Å². The molecule has 2 heterocycles. The maximum atomic E-state index is 13.7. The monoisotopic (exact) mass is 592 g/mol. The van der Waals surface area contributed by atoms with E-state index < -0.39 is 52.4 Å². The van der Waals surface area contributed by atoms with Crippen molar-refractivity contribution in [3.8, 4) is 0 Å². The van der Waals surface area contributed by atoms with Crippen LogP contribution in [0.1, 0.15) is 53.3 Å². The van der Waals surface area contributed by atoms with Crippen molar-refractivity contribution in [3.05, 3.63) is 69.0 Å². The van der Waals surface area contributed by atoms with Gasteiger partial charge in [-0.3, -0.25) is 9.36 Å². The zero-order valence-electron chi connectivity index (χ0n) is 25.8. The molecule has 1 aliphatic rings. The van der Waals surface area contributed by atoms with Crippen LogP contribution in [0, 0.1) is 0 Å². The van der Waals surface area contributed by atoms with Gasteiger partial charge >= 0.3 is 5.69 Å². The highest BCUT2D eigenvalue weighted by Gasteiger charge is 2.54. The third-order valence-corrected chi connectivity index (χ3v) is 17.6. The topological polar surface area (TPSA) is 101 Å². The van der Waals surface area contributed by atoms with Crippen molar-refractivity contribution in [2.24, 2.45) is 0 Å². The molecule has 3 rings (SSSR count). The molecule has 0 bridgehead atoms. The predicted molar refractivity (Wildman–Crippen MR) is 161 cm³/mol. The minimum atomic E-state index is -2.39. The summed E-state index contributed by atoms with van der Waals surface area (Å²) in [5.74, 6) is 0. The second-order valence-corrected chi connectivity index (χ2v) is 23.2. The Bertz CT molecular complexity index is 1250. The van der Waals surface area contributed by atoms with Crippen LogP contribution in [0.15, 0.2) is 52.2 Å². The molecule has 0 saturated carbocycles. The van der Waals surface area contributed by atoms with Crippen LogP contribution in [-0.4, -0.2) is 55.8 Å². The van der Waals surface area contributed by atoms with Gasteiger partial charge in [0.1, 0.15) is 25.0 Å². The third kappa shape index (κ3) is 7.12. The van der Waals surface area contributed by atoms with E-state index in [4.69, 9.17) is 18.3 Å². The molecule has 40 heavy (non-hydrogen) atoms. The highest BCUT2D eigenvalue weighted by Crippen LogP contribution is 2.45. The smallest absolute Gasteiger partial charge is 0.335 e. The molecular formula is C29H48N2O7Si2. The van der Waals surface area contributed by atoms with Crippen LogP contribution in [0.3, 0.4) is 0 Å². The first-order valence-electron chi connectivity index (χ1n) is 14.0. The van der Waals surface area contributed by atoms with Crippen LogP contribution in [-0.2, 0) is 31.7 Å². The molecule has 0 amide bonds. The minimum Gasteiger partial charge on any atom is -0.408 e. The molecule has 1 aromatic carbocycles. The molecule has 11 heteroatoms. The molecule has 2 aromatic rings. The normalized spacial score (nSPS) is 22.6. The highest BCUT2D eigenvalue weighted by atomic mass is 28.4. The van der Waals surface area contributed by atoms with Crippen molar-refractivity contribution in [1.82, 2.24) is 9.13 Å². The van der Waals surface area contributed by atoms with Crippen molar-refractivity contribution < 1.29 is 23.4 Å². The second kappa shape index (κ2) is 12.2. The fourth-order valence-corrected chi connectivity index (χ4v) is 6.66. The number of hydrogen-bond acceptors (Lipinski definition) is 7. The Hall–Kier alpha value is -1.87. The molecule has 1 fully saturated rings. The van der Waals surface area contributed by atoms with E-state index in [-0.39, 0.29) is 30.0 Å². The van der Waals surface area contributed by atoms with E-state index >= 15 is 0 Å². The van der Waals surface area contributed by atoms with Gasteiger partial charge in [-0.2, -0.15) is 0 Å². The van der Waals surface area contributed by atoms with Gasteiger partial charge in [-0.05, 0) is 41.8 Å². The number of hydrogen-bond donors (Lipinski definition) is 1. The van der Waals surface area contributed by atoms with Crippen molar-refractivity contribution >= 4 is 16.6 Å². The molecule has 0 unspecified atom stereocenters. The Morgan fingerprint density at radius 1 is 0.875 bits per heavy atom. The Labute approximate surface area is 240 Å². The molecular weight excluding hydrogens is 544 g/mol.